The van der Waals surface area contributed by atoms with E-state index in [4.69, 9.17) is 10.5 Å². The van der Waals surface area contributed by atoms with Crippen LogP contribution in [0.5, 0.6) is 0 Å². The van der Waals surface area contributed by atoms with Gasteiger partial charge in [-0.3, -0.25) is 9.59 Å². The summed E-state index contributed by atoms with van der Waals surface area (Å²) in [5.74, 6) is -0.731. The molecule has 1 aromatic rings. The van der Waals surface area contributed by atoms with Crippen LogP contribution in [0.2, 0.25) is 0 Å². The fourth-order valence-corrected chi connectivity index (χ4v) is 1.35. The molecule has 0 atom stereocenters. The Hall–Kier alpha value is -1.62. The standard InChI is InChI=1S/C10H14N2O3/c1-3-15-5-7-4-6(2)12-10(14)8(7)9(11)13/h4H,3,5H2,1-2H3,(H2,11,13)(H,12,14). The molecule has 15 heavy (non-hydrogen) atoms. The minimum atomic E-state index is -0.731. The number of nitrogens with one attached hydrogen (secondary N) is 1. The Bertz CT molecular complexity index is 423. The second kappa shape index (κ2) is 4.75. The SMILES string of the molecule is CCOCc1cc(C)[nH]c(=O)c1C(N)=O. The summed E-state index contributed by atoms with van der Waals surface area (Å²) in [5, 5.41) is 0. The zero-order chi connectivity index (χ0) is 11.4. The lowest BCUT2D eigenvalue weighted by molar-refractivity contribution is 0.0987. The molecule has 0 unspecified atom stereocenters. The number of primary amides is 1. The minimum absolute atomic E-state index is 0.0194. The molecule has 0 radical (unpaired) electrons. The first-order valence-electron chi connectivity index (χ1n) is 4.66. The summed E-state index contributed by atoms with van der Waals surface area (Å²) in [6, 6.07) is 1.69. The monoisotopic (exact) mass is 210 g/mol. The summed E-state index contributed by atoms with van der Waals surface area (Å²) >= 11 is 0. The summed E-state index contributed by atoms with van der Waals surface area (Å²) in [6.45, 7) is 4.31. The van der Waals surface area contributed by atoms with Crippen molar-refractivity contribution in [1.29, 1.82) is 0 Å². The van der Waals surface area contributed by atoms with Gasteiger partial charge in [0, 0.05) is 12.3 Å². The predicted octanol–water partition coefficient (Wildman–Crippen LogP) is 0.319. The number of ether oxygens (including phenoxy) is 1. The van der Waals surface area contributed by atoms with Crippen LogP contribution < -0.4 is 11.3 Å². The number of hydrogen-bond acceptors (Lipinski definition) is 3. The Morgan fingerprint density at radius 3 is 2.80 bits per heavy atom. The van der Waals surface area contributed by atoms with Gasteiger partial charge in [-0.25, -0.2) is 0 Å². The Morgan fingerprint density at radius 2 is 2.27 bits per heavy atom. The van der Waals surface area contributed by atoms with E-state index in [9.17, 15) is 9.59 Å². The fourth-order valence-electron chi connectivity index (χ4n) is 1.35. The van der Waals surface area contributed by atoms with Crippen molar-refractivity contribution in [2.45, 2.75) is 20.5 Å². The highest BCUT2D eigenvalue weighted by Crippen LogP contribution is 2.06. The van der Waals surface area contributed by atoms with Gasteiger partial charge in [0.15, 0.2) is 0 Å². The number of carbonyl (C=O) groups excluding carboxylic acids is 1. The van der Waals surface area contributed by atoms with Gasteiger partial charge in [0.1, 0.15) is 5.56 Å². The zero-order valence-corrected chi connectivity index (χ0v) is 8.79. The molecule has 0 aliphatic heterocycles. The highest BCUT2D eigenvalue weighted by molar-refractivity contribution is 5.93. The third-order valence-electron chi connectivity index (χ3n) is 1.96. The molecular weight excluding hydrogens is 196 g/mol. The van der Waals surface area contributed by atoms with Crippen molar-refractivity contribution in [3.63, 3.8) is 0 Å². The van der Waals surface area contributed by atoms with Crippen LogP contribution in [0.25, 0.3) is 0 Å². The van der Waals surface area contributed by atoms with E-state index in [0.717, 1.165) is 0 Å². The highest BCUT2D eigenvalue weighted by atomic mass is 16.5. The molecule has 5 nitrogen and oxygen atoms in total. The molecule has 1 heterocycles. The Kier molecular flexibility index (Phi) is 3.62. The highest BCUT2D eigenvalue weighted by Gasteiger charge is 2.13. The number of carbonyl (C=O) groups is 1. The number of H-pyrrole nitrogens is 1. The van der Waals surface area contributed by atoms with Gasteiger partial charge in [0.25, 0.3) is 11.5 Å². The van der Waals surface area contributed by atoms with E-state index in [-0.39, 0.29) is 12.2 Å². The molecule has 0 bridgehead atoms. The molecule has 0 spiro atoms. The molecule has 1 amide bonds. The van der Waals surface area contributed by atoms with E-state index in [2.05, 4.69) is 4.98 Å². The Morgan fingerprint density at radius 1 is 1.60 bits per heavy atom. The molecule has 0 fully saturated rings. The van der Waals surface area contributed by atoms with Gasteiger partial charge in [-0.15, -0.1) is 0 Å². The minimum Gasteiger partial charge on any atom is -0.377 e. The van der Waals surface area contributed by atoms with Gasteiger partial charge < -0.3 is 15.5 Å². The number of pyridine rings is 1. The smallest absolute Gasteiger partial charge is 0.261 e. The quantitative estimate of drug-likeness (QED) is 0.750. The van der Waals surface area contributed by atoms with Gasteiger partial charge in [-0.05, 0) is 25.5 Å². The number of amides is 1. The number of nitrogens with two attached hydrogens (primary N) is 1. The maximum Gasteiger partial charge on any atom is 0.261 e. The molecule has 0 aromatic carbocycles. The maximum absolute atomic E-state index is 11.5. The normalized spacial score (nSPS) is 10.3. The summed E-state index contributed by atoms with van der Waals surface area (Å²) in [6.07, 6.45) is 0. The lowest BCUT2D eigenvalue weighted by atomic mass is 10.1. The molecule has 0 aliphatic carbocycles. The average molecular weight is 210 g/mol. The van der Waals surface area contributed by atoms with Gasteiger partial charge in [0.2, 0.25) is 0 Å². The van der Waals surface area contributed by atoms with Crippen molar-refractivity contribution >= 4 is 5.91 Å². The van der Waals surface area contributed by atoms with Crippen LogP contribution >= 0.6 is 0 Å². The van der Waals surface area contributed by atoms with Crippen LogP contribution in [0.3, 0.4) is 0 Å². The van der Waals surface area contributed by atoms with Crippen LogP contribution in [0.4, 0.5) is 0 Å². The molecule has 1 aromatic heterocycles. The molecule has 5 heteroatoms. The van der Waals surface area contributed by atoms with E-state index < -0.39 is 11.5 Å². The fraction of sp³-hybridized carbons (Fsp3) is 0.400. The van der Waals surface area contributed by atoms with E-state index in [1.54, 1.807) is 13.0 Å². The summed E-state index contributed by atoms with van der Waals surface area (Å²) in [5.41, 5.74) is 5.86. The topological polar surface area (TPSA) is 85.2 Å². The first kappa shape index (κ1) is 11.5. The first-order chi connectivity index (χ1) is 7.06. The Labute approximate surface area is 87.3 Å². The predicted molar refractivity (Wildman–Crippen MR) is 55.6 cm³/mol. The average Bonchev–Trinajstić information content (AvgIpc) is 2.12. The summed E-state index contributed by atoms with van der Waals surface area (Å²) < 4.78 is 5.16. The third-order valence-corrected chi connectivity index (χ3v) is 1.96. The van der Waals surface area contributed by atoms with Crippen molar-refractivity contribution in [3.05, 3.63) is 33.2 Å². The summed E-state index contributed by atoms with van der Waals surface area (Å²) in [7, 11) is 0. The van der Waals surface area contributed by atoms with Gasteiger partial charge in [-0.1, -0.05) is 0 Å². The second-order valence-corrected chi connectivity index (χ2v) is 3.18. The lowest BCUT2D eigenvalue weighted by Gasteiger charge is -2.06. The zero-order valence-electron chi connectivity index (χ0n) is 8.79. The van der Waals surface area contributed by atoms with Crippen molar-refractivity contribution in [1.82, 2.24) is 4.98 Å². The number of aromatic amines is 1. The van der Waals surface area contributed by atoms with Crippen LogP contribution in [0.15, 0.2) is 10.9 Å². The van der Waals surface area contributed by atoms with Crippen LogP contribution in [0.1, 0.15) is 28.5 Å². The third kappa shape index (κ3) is 2.66. The molecule has 1 rings (SSSR count). The van der Waals surface area contributed by atoms with Gasteiger partial charge in [0.05, 0.1) is 6.61 Å². The van der Waals surface area contributed by atoms with Crippen molar-refractivity contribution in [3.8, 4) is 0 Å². The number of aromatic nitrogens is 1. The maximum atomic E-state index is 11.5. The Balaban J connectivity index is 3.21. The van der Waals surface area contributed by atoms with E-state index in [1.165, 1.54) is 0 Å². The van der Waals surface area contributed by atoms with E-state index >= 15 is 0 Å². The second-order valence-electron chi connectivity index (χ2n) is 3.18. The van der Waals surface area contributed by atoms with E-state index in [1.807, 2.05) is 6.92 Å². The van der Waals surface area contributed by atoms with Crippen LogP contribution in [0, 0.1) is 6.92 Å². The van der Waals surface area contributed by atoms with Crippen LogP contribution in [-0.4, -0.2) is 17.5 Å². The molecular formula is C10H14N2O3. The molecule has 0 saturated heterocycles. The number of aryl methyl sites for hydroxylation is 1. The molecule has 0 aliphatic rings. The summed E-state index contributed by atoms with van der Waals surface area (Å²) in [4.78, 5) is 25.0. The molecule has 0 saturated carbocycles. The van der Waals surface area contributed by atoms with Crippen LogP contribution in [-0.2, 0) is 11.3 Å². The number of rotatable bonds is 4. The van der Waals surface area contributed by atoms with Crippen molar-refractivity contribution < 1.29 is 9.53 Å². The largest absolute Gasteiger partial charge is 0.377 e. The molecule has 82 valence electrons. The molecule has 3 N–H and O–H groups in total. The number of hydrogen-bond donors (Lipinski definition) is 2. The van der Waals surface area contributed by atoms with Crippen molar-refractivity contribution in [2.24, 2.45) is 5.73 Å². The van der Waals surface area contributed by atoms with Gasteiger partial charge >= 0.3 is 0 Å². The van der Waals surface area contributed by atoms with Gasteiger partial charge in [-0.2, -0.15) is 0 Å². The first-order valence-corrected chi connectivity index (χ1v) is 4.66. The van der Waals surface area contributed by atoms with Crippen molar-refractivity contribution in [2.75, 3.05) is 6.61 Å². The lowest BCUT2D eigenvalue weighted by Crippen LogP contribution is -2.26. The van der Waals surface area contributed by atoms with E-state index in [0.29, 0.717) is 17.9 Å².